The van der Waals surface area contributed by atoms with Gasteiger partial charge in [-0.3, -0.25) is 4.79 Å². The van der Waals surface area contributed by atoms with Crippen LogP contribution in [-0.4, -0.2) is 31.7 Å². The van der Waals surface area contributed by atoms with Crippen molar-refractivity contribution < 1.29 is 13.2 Å². The molecule has 1 amide bonds. The quantitative estimate of drug-likeness (QED) is 0.604. The summed E-state index contributed by atoms with van der Waals surface area (Å²) in [7, 11) is -3.42. The summed E-state index contributed by atoms with van der Waals surface area (Å²) < 4.78 is 27.3. The number of nitrogens with zero attached hydrogens (tertiary/aromatic N) is 1. The van der Waals surface area contributed by atoms with Crippen LogP contribution < -0.4 is 5.32 Å². The van der Waals surface area contributed by atoms with E-state index in [-0.39, 0.29) is 5.91 Å². The first-order chi connectivity index (χ1) is 14.6. The molecule has 156 valence electrons. The maximum Gasteiger partial charge on any atom is 0.252 e. The molecule has 1 fully saturated rings. The highest BCUT2D eigenvalue weighted by Gasteiger charge is 2.28. The van der Waals surface area contributed by atoms with E-state index >= 15 is 0 Å². The van der Waals surface area contributed by atoms with Crippen LogP contribution in [0, 0.1) is 0 Å². The first-order valence-corrected chi connectivity index (χ1v) is 12.3. The third-order valence-corrected chi connectivity index (χ3v) is 8.71. The topological polar surface area (TPSA) is 66.5 Å². The summed E-state index contributed by atoms with van der Waals surface area (Å²) in [5.41, 5.74) is 1.84. The molecular weight excluding hydrogens is 416 g/mol. The lowest BCUT2D eigenvalue weighted by Gasteiger charge is -2.17. The molecule has 0 radical (unpaired) electrons. The number of nitrogens with one attached hydrogen (secondary N) is 1. The fourth-order valence-electron chi connectivity index (χ4n) is 3.71. The van der Waals surface area contributed by atoms with E-state index in [9.17, 15) is 13.2 Å². The first-order valence-electron chi connectivity index (χ1n) is 10.0. The fraction of sp³-hybridized carbons (Fsp3) is 0.261. The molecule has 1 aliphatic heterocycles. The molecule has 4 rings (SSSR count). The van der Waals surface area contributed by atoms with Gasteiger partial charge in [0, 0.05) is 18.0 Å². The fourth-order valence-corrected chi connectivity index (χ4v) is 6.68. The van der Waals surface area contributed by atoms with Gasteiger partial charge in [0.25, 0.3) is 10.0 Å². The minimum atomic E-state index is -3.42. The summed E-state index contributed by atoms with van der Waals surface area (Å²) >= 11 is 1.23. The number of hydrogen-bond acceptors (Lipinski definition) is 4. The summed E-state index contributed by atoms with van der Waals surface area (Å²) in [5, 5.41) is 2.99. The van der Waals surface area contributed by atoms with Crippen LogP contribution in [0.5, 0.6) is 0 Å². The molecule has 0 unspecified atom stereocenters. The number of thiophene rings is 1. The van der Waals surface area contributed by atoms with E-state index in [0.29, 0.717) is 23.8 Å². The van der Waals surface area contributed by atoms with Gasteiger partial charge in [0.05, 0.1) is 12.5 Å². The summed E-state index contributed by atoms with van der Waals surface area (Å²) in [4.78, 5) is 13.9. The molecule has 0 bridgehead atoms. The van der Waals surface area contributed by atoms with Crippen molar-refractivity contribution in [3.8, 4) is 0 Å². The summed E-state index contributed by atoms with van der Waals surface area (Å²) in [6, 6.07) is 22.8. The van der Waals surface area contributed by atoms with Crippen LogP contribution in [0.3, 0.4) is 0 Å². The normalized spacial score (nSPS) is 14.8. The van der Waals surface area contributed by atoms with Crippen molar-refractivity contribution >= 4 is 27.3 Å². The Morgan fingerprint density at radius 1 is 0.900 bits per heavy atom. The van der Waals surface area contributed by atoms with Crippen LogP contribution in [-0.2, 0) is 21.4 Å². The molecule has 1 aromatic heterocycles. The number of benzene rings is 2. The number of amides is 1. The monoisotopic (exact) mass is 440 g/mol. The molecule has 0 atom stereocenters. The number of hydrogen-bond donors (Lipinski definition) is 1. The second kappa shape index (κ2) is 9.12. The van der Waals surface area contributed by atoms with Gasteiger partial charge < -0.3 is 5.32 Å². The highest BCUT2D eigenvalue weighted by Crippen LogP contribution is 2.28. The van der Waals surface area contributed by atoms with E-state index in [1.165, 1.54) is 11.3 Å². The molecule has 30 heavy (non-hydrogen) atoms. The first kappa shape index (κ1) is 20.8. The number of carbonyl (C=O) groups excluding carboxylic acids is 1. The molecule has 3 aromatic rings. The van der Waals surface area contributed by atoms with Crippen LogP contribution in [0.2, 0.25) is 0 Å². The van der Waals surface area contributed by atoms with Crippen LogP contribution in [0.25, 0.3) is 0 Å². The lowest BCUT2D eigenvalue weighted by Crippen LogP contribution is -2.29. The average Bonchev–Trinajstić information content (AvgIpc) is 3.47. The molecule has 1 N–H and O–H groups in total. The minimum Gasteiger partial charge on any atom is -0.350 e. The standard InChI is InChI=1S/C23H24N2O3S2/c26-23(22(18-9-3-1-4-10-18)19-11-5-2-6-12-19)24-17-20-13-14-21(29-20)30(27,28)25-15-7-8-16-25/h1-6,9-14,22H,7-8,15-17H2,(H,24,26). The van der Waals surface area contributed by atoms with Gasteiger partial charge >= 0.3 is 0 Å². The third-order valence-electron chi connectivity index (χ3n) is 5.26. The zero-order valence-electron chi connectivity index (χ0n) is 16.5. The van der Waals surface area contributed by atoms with Crippen molar-refractivity contribution in [2.24, 2.45) is 0 Å². The highest BCUT2D eigenvalue weighted by molar-refractivity contribution is 7.91. The smallest absolute Gasteiger partial charge is 0.252 e. The van der Waals surface area contributed by atoms with Gasteiger partial charge in [-0.2, -0.15) is 4.31 Å². The molecule has 0 spiro atoms. The van der Waals surface area contributed by atoms with Crippen molar-refractivity contribution in [3.63, 3.8) is 0 Å². The Labute approximate surface area is 181 Å². The van der Waals surface area contributed by atoms with E-state index < -0.39 is 15.9 Å². The van der Waals surface area contributed by atoms with E-state index in [4.69, 9.17) is 0 Å². The maximum absolute atomic E-state index is 13.1. The Balaban J connectivity index is 1.49. The third kappa shape index (κ3) is 4.48. The van der Waals surface area contributed by atoms with Crippen molar-refractivity contribution in [1.82, 2.24) is 9.62 Å². The maximum atomic E-state index is 13.1. The Morgan fingerprint density at radius 3 is 2.03 bits per heavy atom. The molecule has 1 saturated heterocycles. The number of sulfonamides is 1. The molecule has 7 heteroatoms. The summed E-state index contributed by atoms with van der Waals surface area (Å²) in [5.74, 6) is -0.523. The molecule has 1 aliphatic rings. The van der Waals surface area contributed by atoms with Gasteiger partial charge in [0.15, 0.2) is 0 Å². The van der Waals surface area contributed by atoms with Crippen molar-refractivity contribution in [3.05, 3.63) is 88.8 Å². The molecule has 2 heterocycles. The lowest BCUT2D eigenvalue weighted by molar-refractivity contribution is -0.121. The molecule has 5 nitrogen and oxygen atoms in total. The van der Waals surface area contributed by atoms with Crippen molar-refractivity contribution in [2.45, 2.75) is 29.5 Å². The van der Waals surface area contributed by atoms with E-state index in [2.05, 4.69) is 5.32 Å². The van der Waals surface area contributed by atoms with Crippen molar-refractivity contribution in [1.29, 1.82) is 0 Å². The number of carbonyl (C=O) groups is 1. The Morgan fingerprint density at radius 2 is 1.47 bits per heavy atom. The largest absolute Gasteiger partial charge is 0.350 e. The highest BCUT2D eigenvalue weighted by atomic mass is 32.2. The van der Waals surface area contributed by atoms with Gasteiger partial charge in [-0.15, -0.1) is 11.3 Å². The predicted molar refractivity (Wildman–Crippen MR) is 119 cm³/mol. The van der Waals surface area contributed by atoms with Crippen LogP contribution in [0.1, 0.15) is 34.8 Å². The van der Waals surface area contributed by atoms with Crippen LogP contribution >= 0.6 is 11.3 Å². The van der Waals surface area contributed by atoms with E-state index in [1.54, 1.807) is 16.4 Å². The molecule has 0 aliphatic carbocycles. The predicted octanol–water partition coefficient (Wildman–Crippen LogP) is 3.98. The average molecular weight is 441 g/mol. The Hall–Kier alpha value is -2.48. The van der Waals surface area contributed by atoms with Gasteiger partial charge in [0.1, 0.15) is 4.21 Å². The lowest BCUT2D eigenvalue weighted by atomic mass is 9.90. The zero-order valence-corrected chi connectivity index (χ0v) is 18.2. The Kier molecular flexibility index (Phi) is 6.32. The van der Waals surface area contributed by atoms with Crippen LogP contribution in [0.4, 0.5) is 0 Å². The van der Waals surface area contributed by atoms with E-state index in [1.807, 2.05) is 60.7 Å². The van der Waals surface area contributed by atoms with E-state index in [0.717, 1.165) is 28.8 Å². The van der Waals surface area contributed by atoms with Gasteiger partial charge in [-0.1, -0.05) is 60.7 Å². The summed E-state index contributed by atoms with van der Waals surface area (Å²) in [6.07, 6.45) is 1.82. The second-order valence-corrected chi connectivity index (χ2v) is 10.6. The van der Waals surface area contributed by atoms with Crippen LogP contribution in [0.15, 0.2) is 77.0 Å². The number of rotatable bonds is 7. The Bertz CT molecular complexity index is 1050. The second-order valence-electron chi connectivity index (χ2n) is 7.30. The van der Waals surface area contributed by atoms with Crippen molar-refractivity contribution in [2.75, 3.05) is 13.1 Å². The molecule has 2 aromatic carbocycles. The van der Waals surface area contributed by atoms with Gasteiger partial charge in [-0.25, -0.2) is 8.42 Å². The summed E-state index contributed by atoms with van der Waals surface area (Å²) in [6.45, 7) is 1.47. The van der Waals surface area contributed by atoms with Gasteiger partial charge in [-0.05, 0) is 36.1 Å². The molecular formula is C23H24N2O3S2. The zero-order chi connectivity index (χ0) is 21.0. The minimum absolute atomic E-state index is 0.107. The molecule has 0 saturated carbocycles. The SMILES string of the molecule is O=C(NCc1ccc(S(=O)(=O)N2CCCC2)s1)C(c1ccccc1)c1ccccc1. The van der Waals surface area contributed by atoms with Gasteiger partial charge in [0.2, 0.25) is 5.91 Å².